The van der Waals surface area contributed by atoms with Gasteiger partial charge >= 0.3 is 0 Å². The van der Waals surface area contributed by atoms with Crippen LogP contribution in [-0.4, -0.2) is 23.3 Å². The predicted octanol–water partition coefficient (Wildman–Crippen LogP) is 1.51. The van der Waals surface area contributed by atoms with Crippen LogP contribution in [0.2, 0.25) is 0 Å². The Bertz CT molecular complexity index is 357. The molecule has 0 aromatic carbocycles. The van der Waals surface area contributed by atoms with Crippen molar-refractivity contribution in [2.75, 3.05) is 6.54 Å². The van der Waals surface area contributed by atoms with Crippen LogP contribution in [0.5, 0.6) is 0 Å². The lowest BCUT2D eigenvalue weighted by Gasteiger charge is -2.17. The first-order valence-corrected chi connectivity index (χ1v) is 5.37. The summed E-state index contributed by atoms with van der Waals surface area (Å²) in [5.74, 6) is -0.533. The Morgan fingerprint density at radius 1 is 1.47 bits per heavy atom. The summed E-state index contributed by atoms with van der Waals surface area (Å²) in [7, 11) is 0. The summed E-state index contributed by atoms with van der Waals surface area (Å²) in [5, 5.41) is 0. The quantitative estimate of drug-likeness (QED) is 0.641. The highest BCUT2D eigenvalue weighted by molar-refractivity contribution is 6.07. The van der Waals surface area contributed by atoms with Gasteiger partial charge in [0.05, 0.1) is 11.8 Å². The van der Waals surface area contributed by atoms with Gasteiger partial charge in [0.15, 0.2) is 0 Å². The molecular formula is C12H15NO2. The number of imide groups is 1. The van der Waals surface area contributed by atoms with Gasteiger partial charge in [0.25, 0.3) is 0 Å². The van der Waals surface area contributed by atoms with Gasteiger partial charge in [0.2, 0.25) is 11.8 Å². The molecule has 0 aromatic heterocycles. The van der Waals surface area contributed by atoms with E-state index in [-0.39, 0.29) is 23.7 Å². The molecule has 1 saturated heterocycles. The molecule has 3 nitrogen and oxygen atoms in total. The second-order valence-corrected chi connectivity index (χ2v) is 4.13. The number of carbonyl (C=O) groups is 2. The largest absolute Gasteiger partial charge is 0.282 e. The van der Waals surface area contributed by atoms with Crippen molar-refractivity contribution < 1.29 is 9.59 Å². The van der Waals surface area contributed by atoms with E-state index in [0.717, 1.165) is 12.0 Å². The van der Waals surface area contributed by atoms with Crippen LogP contribution in [-0.2, 0) is 9.59 Å². The molecule has 0 aromatic rings. The van der Waals surface area contributed by atoms with Gasteiger partial charge in [-0.15, -0.1) is 0 Å². The van der Waals surface area contributed by atoms with Crippen LogP contribution >= 0.6 is 0 Å². The summed E-state index contributed by atoms with van der Waals surface area (Å²) in [6.07, 6.45) is 5.29. The summed E-state index contributed by atoms with van der Waals surface area (Å²) in [6.45, 7) is 6.36. The van der Waals surface area contributed by atoms with E-state index in [1.807, 2.05) is 19.1 Å². The molecule has 0 N–H and O–H groups in total. The molecule has 1 aliphatic carbocycles. The van der Waals surface area contributed by atoms with E-state index in [4.69, 9.17) is 0 Å². The van der Waals surface area contributed by atoms with Crippen molar-refractivity contribution in [2.45, 2.75) is 19.8 Å². The van der Waals surface area contributed by atoms with Crippen molar-refractivity contribution in [3.63, 3.8) is 0 Å². The number of rotatable bonds is 2. The minimum atomic E-state index is -0.283. The molecule has 2 rings (SSSR count). The molecule has 0 radical (unpaired) electrons. The van der Waals surface area contributed by atoms with Crippen LogP contribution in [0.15, 0.2) is 24.3 Å². The number of amides is 2. The lowest BCUT2D eigenvalue weighted by atomic mass is 9.82. The summed E-state index contributed by atoms with van der Waals surface area (Å²) in [5.41, 5.74) is 0.781. The summed E-state index contributed by atoms with van der Waals surface area (Å²) in [6, 6.07) is 0. The molecule has 2 aliphatic rings. The number of carbonyl (C=O) groups excluding carboxylic acids is 2. The maximum atomic E-state index is 12.0. The molecule has 1 fully saturated rings. The van der Waals surface area contributed by atoms with E-state index < -0.39 is 0 Å². The Morgan fingerprint density at radius 2 is 2.20 bits per heavy atom. The van der Waals surface area contributed by atoms with Gasteiger partial charge in [-0.3, -0.25) is 14.5 Å². The maximum Gasteiger partial charge on any atom is 0.237 e. The molecule has 2 atom stereocenters. The Morgan fingerprint density at radius 3 is 2.80 bits per heavy atom. The van der Waals surface area contributed by atoms with Gasteiger partial charge in [-0.05, 0) is 18.4 Å². The zero-order chi connectivity index (χ0) is 11.0. The molecular weight excluding hydrogens is 190 g/mol. The van der Waals surface area contributed by atoms with Crippen molar-refractivity contribution in [1.29, 1.82) is 0 Å². The topological polar surface area (TPSA) is 37.4 Å². The van der Waals surface area contributed by atoms with Gasteiger partial charge in [-0.25, -0.2) is 0 Å². The van der Waals surface area contributed by atoms with E-state index in [2.05, 4.69) is 6.58 Å². The van der Waals surface area contributed by atoms with Gasteiger partial charge in [-0.1, -0.05) is 25.7 Å². The Hall–Kier alpha value is -1.38. The van der Waals surface area contributed by atoms with Gasteiger partial charge in [-0.2, -0.15) is 0 Å². The van der Waals surface area contributed by atoms with Crippen LogP contribution in [0.25, 0.3) is 0 Å². The van der Waals surface area contributed by atoms with E-state index in [1.165, 1.54) is 4.90 Å². The molecule has 0 spiro atoms. The number of nitrogens with zero attached hydrogens (tertiary/aromatic N) is 1. The summed E-state index contributed by atoms with van der Waals surface area (Å²) in [4.78, 5) is 25.3. The Kier molecular flexibility index (Phi) is 2.47. The number of hydrogen-bond acceptors (Lipinski definition) is 2. The average molecular weight is 205 g/mol. The molecule has 0 bridgehead atoms. The third kappa shape index (κ3) is 1.42. The minimum absolute atomic E-state index is 0.0163. The molecule has 1 aliphatic heterocycles. The van der Waals surface area contributed by atoms with Crippen molar-refractivity contribution in [1.82, 2.24) is 4.90 Å². The van der Waals surface area contributed by atoms with Crippen molar-refractivity contribution in [2.24, 2.45) is 11.8 Å². The minimum Gasteiger partial charge on any atom is -0.282 e. The summed E-state index contributed by atoms with van der Waals surface area (Å²) < 4.78 is 0. The van der Waals surface area contributed by atoms with E-state index in [9.17, 15) is 9.59 Å². The van der Waals surface area contributed by atoms with Crippen molar-refractivity contribution in [3.05, 3.63) is 24.3 Å². The van der Waals surface area contributed by atoms with E-state index >= 15 is 0 Å². The zero-order valence-electron chi connectivity index (χ0n) is 8.90. The standard InChI is InChI=1S/C12H15NO2/c1-3-7-13-11(14)9-6-4-5-8(2)10(9)12(13)15/h4-5,9-10H,2-3,6-7H2,1H3. The molecule has 1 heterocycles. The fourth-order valence-electron chi connectivity index (χ4n) is 2.36. The fraction of sp³-hybridized carbons (Fsp3) is 0.500. The van der Waals surface area contributed by atoms with E-state index in [1.54, 1.807) is 0 Å². The number of hydrogen-bond donors (Lipinski definition) is 0. The number of allylic oxidation sites excluding steroid dienone is 2. The first-order chi connectivity index (χ1) is 7.16. The predicted molar refractivity (Wildman–Crippen MR) is 56.9 cm³/mol. The lowest BCUT2D eigenvalue weighted by molar-refractivity contribution is -0.139. The zero-order valence-corrected chi connectivity index (χ0v) is 8.90. The third-order valence-electron chi connectivity index (χ3n) is 3.09. The second kappa shape index (κ2) is 3.65. The molecule has 2 unspecified atom stereocenters. The monoisotopic (exact) mass is 205 g/mol. The maximum absolute atomic E-state index is 12.0. The second-order valence-electron chi connectivity index (χ2n) is 4.13. The fourth-order valence-corrected chi connectivity index (χ4v) is 2.36. The molecule has 0 saturated carbocycles. The normalized spacial score (nSPS) is 29.9. The molecule has 2 amide bonds. The molecule has 15 heavy (non-hydrogen) atoms. The highest BCUT2D eigenvalue weighted by Gasteiger charge is 2.48. The van der Waals surface area contributed by atoms with Gasteiger partial charge < -0.3 is 0 Å². The third-order valence-corrected chi connectivity index (χ3v) is 3.09. The highest BCUT2D eigenvalue weighted by Crippen LogP contribution is 2.37. The van der Waals surface area contributed by atoms with Crippen LogP contribution < -0.4 is 0 Å². The number of likely N-dealkylation sites (tertiary alicyclic amines) is 1. The number of fused-ring (bicyclic) bond motifs is 1. The van der Waals surface area contributed by atoms with Gasteiger partial charge in [0.1, 0.15) is 0 Å². The SMILES string of the molecule is C=C1C=CCC2C(=O)N(CCC)C(=O)C12. The Labute approximate surface area is 89.4 Å². The average Bonchev–Trinajstić information content (AvgIpc) is 2.45. The van der Waals surface area contributed by atoms with Crippen molar-refractivity contribution >= 4 is 11.8 Å². The smallest absolute Gasteiger partial charge is 0.237 e. The lowest BCUT2D eigenvalue weighted by Crippen LogP contribution is -2.31. The van der Waals surface area contributed by atoms with Crippen LogP contribution in [0, 0.1) is 11.8 Å². The summed E-state index contributed by atoms with van der Waals surface area (Å²) >= 11 is 0. The van der Waals surface area contributed by atoms with E-state index in [0.29, 0.717) is 13.0 Å². The van der Waals surface area contributed by atoms with Crippen LogP contribution in [0.4, 0.5) is 0 Å². The first kappa shape index (κ1) is 10.1. The van der Waals surface area contributed by atoms with Gasteiger partial charge in [0, 0.05) is 6.54 Å². The van der Waals surface area contributed by atoms with Crippen LogP contribution in [0.1, 0.15) is 19.8 Å². The van der Waals surface area contributed by atoms with Crippen molar-refractivity contribution in [3.8, 4) is 0 Å². The molecule has 3 heteroatoms. The Balaban J connectivity index is 2.29. The first-order valence-electron chi connectivity index (χ1n) is 5.37. The van der Waals surface area contributed by atoms with Crippen LogP contribution in [0.3, 0.4) is 0 Å². The molecule has 80 valence electrons. The highest BCUT2D eigenvalue weighted by atomic mass is 16.2.